The van der Waals surface area contributed by atoms with Crippen LogP contribution in [0.2, 0.25) is 0 Å². The highest BCUT2D eigenvalue weighted by Crippen LogP contribution is 2.11. The fourth-order valence-corrected chi connectivity index (χ4v) is 2.19. The van der Waals surface area contributed by atoms with Crippen molar-refractivity contribution in [3.63, 3.8) is 0 Å². The van der Waals surface area contributed by atoms with Gasteiger partial charge >= 0.3 is 0 Å². The zero-order chi connectivity index (χ0) is 11.6. The van der Waals surface area contributed by atoms with Crippen LogP contribution in [0.1, 0.15) is 52.4 Å². The SMILES string of the molecule is CCCC[N+](C)(CCCC)CCCCCl. The van der Waals surface area contributed by atoms with Gasteiger partial charge in [0.2, 0.25) is 0 Å². The second-order valence-corrected chi connectivity index (χ2v) is 5.27. The van der Waals surface area contributed by atoms with Gasteiger partial charge in [-0.3, -0.25) is 0 Å². The first kappa shape index (κ1) is 15.2. The maximum atomic E-state index is 5.73. The van der Waals surface area contributed by atoms with E-state index in [1.807, 2.05) is 0 Å². The van der Waals surface area contributed by atoms with Gasteiger partial charge in [-0.1, -0.05) is 26.7 Å². The standard InChI is InChI=1S/C13H29ClN/c1-4-6-11-15(3,12-7-5-2)13-9-8-10-14/h4-13H2,1-3H3/q+1. The lowest BCUT2D eigenvalue weighted by atomic mass is 10.2. The van der Waals surface area contributed by atoms with E-state index in [0.29, 0.717) is 0 Å². The van der Waals surface area contributed by atoms with Gasteiger partial charge in [-0.2, -0.15) is 0 Å². The van der Waals surface area contributed by atoms with Crippen LogP contribution in [-0.4, -0.2) is 37.0 Å². The summed E-state index contributed by atoms with van der Waals surface area (Å²) in [4.78, 5) is 0. The Bertz CT molecular complexity index is 128. The van der Waals surface area contributed by atoms with Gasteiger partial charge in [0.15, 0.2) is 0 Å². The Balaban J connectivity index is 3.89. The number of hydrogen-bond acceptors (Lipinski definition) is 0. The summed E-state index contributed by atoms with van der Waals surface area (Å²) in [6.45, 7) is 8.57. The van der Waals surface area contributed by atoms with E-state index in [9.17, 15) is 0 Å². The molecule has 0 bridgehead atoms. The van der Waals surface area contributed by atoms with E-state index in [-0.39, 0.29) is 0 Å². The summed E-state index contributed by atoms with van der Waals surface area (Å²) in [6, 6.07) is 0. The highest BCUT2D eigenvalue weighted by molar-refractivity contribution is 6.17. The lowest BCUT2D eigenvalue weighted by molar-refractivity contribution is -0.910. The molecule has 0 radical (unpaired) electrons. The van der Waals surface area contributed by atoms with Crippen molar-refractivity contribution in [3.8, 4) is 0 Å². The van der Waals surface area contributed by atoms with E-state index in [4.69, 9.17) is 11.6 Å². The number of nitrogens with zero attached hydrogens (tertiary/aromatic N) is 1. The van der Waals surface area contributed by atoms with Gasteiger partial charge in [0.05, 0.1) is 26.7 Å². The molecule has 0 atom stereocenters. The van der Waals surface area contributed by atoms with E-state index < -0.39 is 0 Å². The summed E-state index contributed by atoms with van der Waals surface area (Å²) in [5.74, 6) is 0.821. The Morgan fingerprint density at radius 3 is 1.67 bits per heavy atom. The third-order valence-electron chi connectivity index (χ3n) is 3.18. The van der Waals surface area contributed by atoms with Gasteiger partial charge in [0, 0.05) is 5.88 Å². The molecule has 15 heavy (non-hydrogen) atoms. The lowest BCUT2D eigenvalue weighted by Gasteiger charge is -2.34. The van der Waals surface area contributed by atoms with E-state index in [1.54, 1.807) is 0 Å². The van der Waals surface area contributed by atoms with Crippen LogP contribution >= 0.6 is 11.6 Å². The summed E-state index contributed by atoms with van der Waals surface area (Å²) < 4.78 is 1.26. The van der Waals surface area contributed by atoms with Crippen LogP contribution in [0.25, 0.3) is 0 Å². The van der Waals surface area contributed by atoms with Crippen molar-refractivity contribution in [2.45, 2.75) is 52.4 Å². The maximum Gasteiger partial charge on any atom is 0.0784 e. The second-order valence-electron chi connectivity index (χ2n) is 4.89. The molecular weight excluding hydrogens is 206 g/mol. The molecule has 0 saturated carbocycles. The molecule has 0 aliphatic rings. The van der Waals surface area contributed by atoms with Gasteiger partial charge in [0.1, 0.15) is 0 Å². The molecule has 0 rings (SSSR count). The third kappa shape index (κ3) is 8.10. The molecule has 0 fully saturated rings. The minimum atomic E-state index is 0.821. The molecule has 92 valence electrons. The highest BCUT2D eigenvalue weighted by Gasteiger charge is 2.19. The number of rotatable bonds is 10. The average Bonchev–Trinajstić information content (AvgIpc) is 2.24. The predicted molar refractivity (Wildman–Crippen MR) is 70.6 cm³/mol. The normalized spacial score (nSPS) is 12.0. The van der Waals surface area contributed by atoms with Gasteiger partial charge < -0.3 is 4.48 Å². The lowest BCUT2D eigenvalue weighted by Crippen LogP contribution is -2.46. The van der Waals surface area contributed by atoms with E-state index in [1.165, 1.54) is 62.6 Å². The number of unbranched alkanes of at least 4 members (excludes halogenated alkanes) is 3. The Kier molecular flexibility index (Phi) is 9.63. The van der Waals surface area contributed by atoms with Crippen LogP contribution in [0.15, 0.2) is 0 Å². The van der Waals surface area contributed by atoms with Crippen LogP contribution in [-0.2, 0) is 0 Å². The monoisotopic (exact) mass is 234 g/mol. The molecule has 0 amide bonds. The first-order chi connectivity index (χ1) is 7.18. The first-order valence-electron chi connectivity index (χ1n) is 6.58. The fourth-order valence-electron chi connectivity index (χ4n) is 2.00. The molecule has 0 aromatic heterocycles. The van der Waals surface area contributed by atoms with Crippen molar-refractivity contribution in [2.24, 2.45) is 0 Å². The van der Waals surface area contributed by atoms with Crippen molar-refractivity contribution >= 4 is 11.6 Å². The van der Waals surface area contributed by atoms with E-state index >= 15 is 0 Å². The van der Waals surface area contributed by atoms with Crippen LogP contribution in [0.3, 0.4) is 0 Å². The summed E-state index contributed by atoms with van der Waals surface area (Å²) in [6.07, 6.45) is 7.81. The third-order valence-corrected chi connectivity index (χ3v) is 3.45. The molecule has 0 N–H and O–H groups in total. The topological polar surface area (TPSA) is 0 Å². The largest absolute Gasteiger partial charge is 0.326 e. The van der Waals surface area contributed by atoms with Crippen LogP contribution < -0.4 is 0 Å². The summed E-state index contributed by atoms with van der Waals surface area (Å²) >= 11 is 5.73. The summed E-state index contributed by atoms with van der Waals surface area (Å²) in [7, 11) is 2.42. The van der Waals surface area contributed by atoms with Gasteiger partial charge in [-0.15, -0.1) is 11.6 Å². The van der Waals surface area contributed by atoms with Crippen molar-refractivity contribution in [2.75, 3.05) is 32.6 Å². The van der Waals surface area contributed by atoms with Crippen LogP contribution in [0.5, 0.6) is 0 Å². The average molecular weight is 235 g/mol. The number of quaternary nitrogens is 1. The number of alkyl halides is 1. The molecule has 1 nitrogen and oxygen atoms in total. The quantitative estimate of drug-likeness (QED) is 0.304. The van der Waals surface area contributed by atoms with Crippen molar-refractivity contribution in [3.05, 3.63) is 0 Å². The Morgan fingerprint density at radius 2 is 1.27 bits per heavy atom. The number of halogens is 1. The molecule has 0 heterocycles. The van der Waals surface area contributed by atoms with Crippen molar-refractivity contribution in [1.82, 2.24) is 0 Å². The molecule has 0 spiro atoms. The molecule has 2 heteroatoms. The molecule has 0 saturated heterocycles. The number of hydrogen-bond donors (Lipinski definition) is 0. The second kappa shape index (κ2) is 9.47. The smallest absolute Gasteiger partial charge is 0.0784 e. The Morgan fingerprint density at radius 1 is 0.800 bits per heavy atom. The Hall–Kier alpha value is 0.250. The van der Waals surface area contributed by atoms with Crippen LogP contribution in [0.4, 0.5) is 0 Å². The van der Waals surface area contributed by atoms with E-state index in [2.05, 4.69) is 20.9 Å². The zero-order valence-corrected chi connectivity index (χ0v) is 11.7. The minimum absolute atomic E-state index is 0.821. The van der Waals surface area contributed by atoms with Gasteiger partial charge in [-0.25, -0.2) is 0 Å². The molecular formula is C13H29ClN+. The Labute approximate surface area is 101 Å². The van der Waals surface area contributed by atoms with Gasteiger partial charge in [0.25, 0.3) is 0 Å². The maximum absolute atomic E-state index is 5.73. The van der Waals surface area contributed by atoms with Crippen molar-refractivity contribution in [1.29, 1.82) is 0 Å². The van der Waals surface area contributed by atoms with E-state index in [0.717, 1.165) is 5.88 Å². The predicted octanol–water partition coefficient (Wildman–Crippen LogP) is 4.05. The zero-order valence-electron chi connectivity index (χ0n) is 10.9. The van der Waals surface area contributed by atoms with Gasteiger partial charge in [-0.05, 0) is 25.7 Å². The fraction of sp³-hybridized carbons (Fsp3) is 1.00. The first-order valence-corrected chi connectivity index (χ1v) is 7.11. The summed E-state index contributed by atoms with van der Waals surface area (Å²) in [5.41, 5.74) is 0. The summed E-state index contributed by atoms with van der Waals surface area (Å²) in [5, 5.41) is 0. The van der Waals surface area contributed by atoms with Crippen molar-refractivity contribution < 1.29 is 4.48 Å². The highest BCUT2D eigenvalue weighted by atomic mass is 35.5. The molecule has 0 aliphatic carbocycles. The minimum Gasteiger partial charge on any atom is -0.326 e. The molecule has 0 aromatic carbocycles. The molecule has 0 aromatic rings. The molecule has 0 aliphatic heterocycles. The van der Waals surface area contributed by atoms with Crippen LogP contribution in [0, 0.1) is 0 Å². The molecule has 0 unspecified atom stereocenters.